The number of nitrogens with one attached hydrogen (secondary N) is 1. The van der Waals surface area contributed by atoms with Gasteiger partial charge in [0.25, 0.3) is 0 Å². The number of thioether (sulfide) groups is 1. The molecule has 3 aromatic carbocycles. The summed E-state index contributed by atoms with van der Waals surface area (Å²) in [7, 11) is 1.62. The third-order valence-electron chi connectivity index (χ3n) is 5.11. The molecule has 4 nitrogen and oxygen atoms in total. The fraction of sp³-hybridized carbons (Fsp3) is 0.231. The van der Waals surface area contributed by atoms with Crippen LogP contribution in [0, 0.1) is 0 Å². The molecule has 6 heteroatoms. The first-order valence-electron chi connectivity index (χ1n) is 10.5. The Balaban J connectivity index is 1.80. The lowest BCUT2D eigenvalue weighted by Crippen LogP contribution is -2.49. The second kappa shape index (κ2) is 12.5. The predicted molar refractivity (Wildman–Crippen MR) is 134 cm³/mol. The molecule has 0 bridgehead atoms. The average molecular weight is 511 g/mol. The highest BCUT2D eigenvalue weighted by molar-refractivity contribution is 9.10. The lowest BCUT2D eigenvalue weighted by atomic mass is 10.0. The van der Waals surface area contributed by atoms with E-state index in [4.69, 9.17) is 0 Å². The first-order chi connectivity index (χ1) is 15.6. The Morgan fingerprint density at radius 1 is 0.906 bits per heavy atom. The largest absolute Gasteiger partial charge is 0.357 e. The van der Waals surface area contributed by atoms with Crippen molar-refractivity contribution < 1.29 is 9.59 Å². The quantitative estimate of drug-likeness (QED) is 0.375. The maximum atomic E-state index is 13.4. The first-order valence-corrected chi connectivity index (χ1v) is 12.3. The molecule has 3 rings (SSSR count). The highest BCUT2D eigenvalue weighted by Gasteiger charge is 2.29. The van der Waals surface area contributed by atoms with Crippen molar-refractivity contribution in [3.63, 3.8) is 0 Å². The van der Waals surface area contributed by atoms with E-state index in [-0.39, 0.29) is 11.8 Å². The standard InChI is InChI=1S/C26H27BrN2O2S/c1-28-26(31)24(18-20-8-4-2-5-9-20)29(19-21-12-14-22(27)15-13-21)25(30)16-17-32-23-10-6-3-7-11-23/h2-15,24H,16-19H2,1H3,(H,28,31)/t24-/m0/s1. The number of carbonyl (C=O) groups is 2. The Hall–Kier alpha value is -2.57. The monoisotopic (exact) mass is 510 g/mol. The third kappa shape index (κ3) is 7.24. The van der Waals surface area contributed by atoms with Crippen molar-refractivity contribution in [2.24, 2.45) is 0 Å². The van der Waals surface area contributed by atoms with Crippen LogP contribution in [0.15, 0.2) is 94.3 Å². The summed E-state index contributed by atoms with van der Waals surface area (Å²) in [6.07, 6.45) is 0.826. The molecule has 0 heterocycles. The van der Waals surface area contributed by atoms with Gasteiger partial charge in [-0.15, -0.1) is 11.8 Å². The molecule has 1 N–H and O–H groups in total. The molecule has 0 spiro atoms. The molecule has 0 radical (unpaired) electrons. The summed E-state index contributed by atoms with van der Waals surface area (Å²) >= 11 is 5.11. The first kappa shape index (κ1) is 24.1. The zero-order valence-corrected chi connectivity index (χ0v) is 20.4. The molecule has 0 aromatic heterocycles. The van der Waals surface area contributed by atoms with Crippen molar-refractivity contribution >= 4 is 39.5 Å². The van der Waals surface area contributed by atoms with Gasteiger partial charge in [0.1, 0.15) is 6.04 Å². The number of benzene rings is 3. The van der Waals surface area contributed by atoms with Gasteiger partial charge in [-0.05, 0) is 35.4 Å². The van der Waals surface area contributed by atoms with Crippen LogP contribution >= 0.6 is 27.7 Å². The second-order valence-electron chi connectivity index (χ2n) is 7.38. The zero-order valence-electron chi connectivity index (χ0n) is 18.0. The molecule has 2 amide bonds. The van der Waals surface area contributed by atoms with Gasteiger partial charge in [-0.3, -0.25) is 9.59 Å². The molecule has 0 aliphatic carbocycles. The van der Waals surface area contributed by atoms with Crippen LogP contribution in [0.2, 0.25) is 0 Å². The lowest BCUT2D eigenvalue weighted by Gasteiger charge is -2.31. The van der Waals surface area contributed by atoms with Crippen LogP contribution in [0.25, 0.3) is 0 Å². The van der Waals surface area contributed by atoms with Crippen LogP contribution in [-0.4, -0.2) is 35.6 Å². The Morgan fingerprint density at radius 2 is 1.53 bits per heavy atom. The number of amides is 2. The van der Waals surface area contributed by atoms with E-state index >= 15 is 0 Å². The Morgan fingerprint density at radius 3 is 2.16 bits per heavy atom. The molecule has 0 saturated carbocycles. The summed E-state index contributed by atoms with van der Waals surface area (Å²) < 4.78 is 0.977. The van der Waals surface area contributed by atoms with Gasteiger partial charge in [0.15, 0.2) is 0 Å². The van der Waals surface area contributed by atoms with Gasteiger partial charge in [-0.25, -0.2) is 0 Å². The van der Waals surface area contributed by atoms with E-state index < -0.39 is 6.04 Å². The topological polar surface area (TPSA) is 49.4 Å². The van der Waals surface area contributed by atoms with E-state index in [2.05, 4.69) is 21.2 Å². The van der Waals surface area contributed by atoms with Crippen molar-refractivity contribution in [1.82, 2.24) is 10.2 Å². The Labute approximate surface area is 202 Å². The minimum absolute atomic E-state index is 0.0270. The van der Waals surface area contributed by atoms with E-state index in [9.17, 15) is 9.59 Å². The number of hydrogen-bond acceptors (Lipinski definition) is 3. The van der Waals surface area contributed by atoms with Gasteiger partial charge in [0.05, 0.1) is 0 Å². The van der Waals surface area contributed by atoms with Crippen LogP contribution in [0.5, 0.6) is 0 Å². The molecule has 166 valence electrons. The van der Waals surface area contributed by atoms with E-state index in [1.54, 1.807) is 23.7 Å². The zero-order chi connectivity index (χ0) is 22.8. The third-order valence-corrected chi connectivity index (χ3v) is 6.65. The van der Waals surface area contributed by atoms with Crippen LogP contribution in [0.3, 0.4) is 0 Å². The SMILES string of the molecule is CNC(=O)[C@H](Cc1ccccc1)N(Cc1ccc(Br)cc1)C(=O)CCSc1ccccc1. The van der Waals surface area contributed by atoms with Gasteiger partial charge in [0, 0.05) is 41.6 Å². The molecule has 0 aliphatic rings. The lowest BCUT2D eigenvalue weighted by molar-refractivity contribution is -0.140. The fourth-order valence-corrected chi connectivity index (χ4v) is 4.55. The van der Waals surface area contributed by atoms with Gasteiger partial charge >= 0.3 is 0 Å². The number of likely N-dealkylation sites (N-methyl/N-ethyl adjacent to an activating group) is 1. The molecule has 0 fully saturated rings. The normalized spacial score (nSPS) is 11.6. The highest BCUT2D eigenvalue weighted by atomic mass is 79.9. The Bertz CT molecular complexity index is 997. The van der Waals surface area contributed by atoms with Gasteiger partial charge in [-0.2, -0.15) is 0 Å². The van der Waals surface area contributed by atoms with E-state index in [0.29, 0.717) is 25.1 Å². The smallest absolute Gasteiger partial charge is 0.242 e. The number of carbonyl (C=O) groups excluding carboxylic acids is 2. The summed E-state index contributed by atoms with van der Waals surface area (Å²) in [5.41, 5.74) is 2.01. The minimum Gasteiger partial charge on any atom is -0.357 e. The summed E-state index contributed by atoms with van der Waals surface area (Å²) in [6.45, 7) is 0.382. The molecular weight excluding hydrogens is 484 g/mol. The summed E-state index contributed by atoms with van der Waals surface area (Å²) in [5.74, 6) is 0.474. The van der Waals surface area contributed by atoms with E-state index in [0.717, 1.165) is 20.5 Å². The van der Waals surface area contributed by atoms with E-state index in [1.807, 2.05) is 84.9 Å². The van der Waals surface area contributed by atoms with Crippen molar-refractivity contribution in [1.29, 1.82) is 0 Å². The van der Waals surface area contributed by atoms with Crippen LogP contribution < -0.4 is 5.32 Å². The maximum Gasteiger partial charge on any atom is 0.242 e. The Kier molecular flexibility index (Phi) is 9.38. The molecule has 3 aromatic rings. The van der Waals surface area contributed by atoms with Gasteiger partial charge in [0.2, 0.25) is 11.8 Å². The second-order valence-corrected chi connectivity index (χ2v) is 9.46. The van der Waals surface area contributed by atoms with E-state index in [1.165, 1.54) is 0 Å². The molecule has 0 aliphatic heterocycles. The van der Waals surface area contributed by atoms with Crippen LogP contribution in [0.4, 0.5) is 0 Å². The molecule has 32 heavy (non-hydrogen) atoms. The van der Waals surface area contributed by atoms with Crippen molar-refractivity contribution in [2.75, 3.05) is 12.8 Å². The molecule has 0 saturated heterocycles. The van der Waals surface area contributed by atoms with Crippen LogP contribution in [-0.2, 0) is 22.6 Å². The number of nitrogens with zero attached hydrogens (tertiary/aromatic N) is 1. The summed E-state index contributed by atoms with van der Waals surface area (Å²) in [5, 5.41) is 2.75. The fourth-order valence-electron chi connectivity index (χ4n) is 3.42. The highest BCUT2D eigenvalue weighted by Crippen LogP contribution is 2.21. The van der Waals surface area contributed by atoms with Crippen molar-refractivity contribution in [2.45, 2.75) is 30.3 Å². The minimum atomic E-state index is -0.583. The maximum absolute atomic E-state index is 13.4. The average Bonchev–Trinajstić information content (AvgIpc) is 2.83. The molecule has 0 unspecified atom stereocenters. The molecular formula is C26H27BrN2O2S. The number of halogens is 1. The predicted octanol–water partition coefficient (Wildman–Crippen LogP) is 5.32. The summed E-state index contributed by atoms with van der Waals surface area (Å²) in [6, 6.07) is 27.2. The molecule has 1 atom stereocenters. The van der Waals surface area contributed by atoms with Gasteiger partial charge in [-0.1, -0.05) is 76.6 Å². The number of rotatable bonds is 10. The van der Waals surface area contributed by atoms with Crippen molar-refractivity contribution in [3.8, 4) is 0 Å². The van der Waals surface area contributed by atoms with Crippen LogP contribution in [0.1, 0.15) is 17.5 Å². The summed E-state index contributed by atoms with van der Waals surface area (Å²) in [4.78, 5) is 29.1. The van der Waals surface area contributed by atoms with Crippen molar-refractivity contribution in [3.05, 3.63) is 101 Å². The van der Waals surface area contributed by atoms with Gasteiger partial charge < -0.3 is 10.2 Å². The number of hydrogen-bond donors (Lipinski definition) is 1.